The highest BCUT2D eigenvalue weighted by Crippen LogP contribution is 2.15. The van der Waals surface area contributed by atoms with Gasteiger partial charge in [-0.2, -0.15) is 0 Å². The van der Waals surface area contributed by atoms with Gasteiger partial charge in [0.15, 0.2) is 0 Å². The van der Waals surface area contributed by atoms with Crippen molar-refractivity contribution >= 4 is 17.7 Å². The molecule has 1 amide bonds. The molecule has 0 bridgehead atoms. The molecule has 1 N–H and O–H groups in total. The Morgan fingerprint density at radius 3 is 2.32 bits per heavy atom. The van der Waals surface area contributed by atoms with Crippen LogP contribution in [-0.4, -0.2) is 35.7 Å². The number of hydrogen-bond acceptors (Lipinski definition) is 6. The predicted molar refractivity (Wildman–Crippen MR) is 91.2 cm³/mol. The van der Waals surface area contributed by atoms with E-state index >= 15 is 0 Å². The van der Waals surface area contributed by atoms with Crippen molar-refractivity contribution in [3.8, 4) is 0 Å². The number of nitro benzene ring substituents is 1. The minimum Gasteiger partial charge on any atom is -0.469 e. The van der Waals surface area contributed by atoms with Crippen LogP contribution in [0.25, 0.3) is 0 Å². The highest BCUT2D eigenvalue weighted by molar-refractivity contribution is 5.70. The minimum atomic E-state index is -0.635. The number of nitrogens with one attached hydrogen (secondary N) is 1. The normalized spacial score (nSPS) is 12.2. The van der Waals surface area contributed by atoms with Crippen molar-refractivity contribution in [3.63, 3.8) is 0 Å². The second kappa shape index (κ2) is 9.00. The molecule has 0 saturated heterocycles. The van der Waals surface area contributed by atoms with Crippen molar-refractivity contribution in [2.75, 3.05) is 7.11 Å². The summed E-state index contributed by atoms with van der Waals surface area (Å²) in [4.78, 5) is 33.6. The summed E-state index contributed by atoms with van der Waals surface area (Å²) in [5.74, 6) is -0.375. The van der Waals surface area contributed by atoms with E-state index in [2.05, 4.69) is 10.1 Å². The standard InChI is InChI=1S/C17H24N2O6/c1-17(2,3)25-16(21)18-13(7-10-15(20)24-4)11-12-5-8-14(9-6-12)19(22)23/h5-6,8-9,13H,7,10-11H2,1-4H3,(H,18,21)/t13-/m1/s1. The van der Waals surface area contributed by atoms with Crippen LogP contribution in [0.2, 0.25) is 0 Å². The Morgan fingerprint density at radius 1 is 1.24 bits per heavy atom. The van der Waals surface area contributed by atoms with Gasteiger partial charge in [0.05, 0.1) is 12.0 Å². The predicted octanol–water partition coefficient (Wildman–Crippen LogP) is 2.98. The number of alkyl carbamates (subject to hydrolysis) is 1. The van der Waals surface area contributed by atoms with E-state index in [0.717, 1.165) is 5.56 Å². The van der Waals surface area contributed by atoms with Crippen LogP contribution in [0.3, 0.4) is 0 Å². The molecule has 1 aromatic rings. The maximum Gasteiger partial charge on any atom is 0.407 e. The molecule has 0 aliphatic rings. The van der Waals surface area contributed by atoms with Gasteiger partial charge in [-0.25, -0.2) is 4.79 Å². The van der Waals surface area contributed by atoms with Crippen LogP contribution in [0, 0.1) is 10.1 Å². The van der Waals surface area contributed by atoms with Crippen LogP contribution in [0.5, 0.6) is 0 Å². The lowest BCUT2D eigenvalue weighted by molar-refractivity contribution is -0.384. The van der Waals surface area contributed by atoms with Crippen LogP contribution in [0.1, 0.15) is 39.2 Å². The monoisotopic (exact) mass is 352 g/mol. The van der Waals surface area contributed by atoms with Crippen molar-refractivity contribution in [1.29, 1.82) is 0 Å². The fourth-order valence-electron chi connectivity index (χ4n) is 2.13. The second-order valence-electron chi connectivity index (χ2n) is 6.59. The molecule has 25 heavy (non-hydrogen) atoms. The largest absolute Gasteiger partial charge is 0.469 e. The van der Waals surface area contributed by atoms with E-state index < -0.39 is 16.6 Å². The zero-order valence-corrected chi connectivity index (χ0v) is 14.9. The molecule has 1 rings (SSSR count). The number of benzene rings is 1. The molecule has 0 radical (unpaired) electrons. The Balaban J connectivity index is 2.77. The van der Waals surface area contributed by atoms with E-state index in [1.54, 1.807) is 32.9 Å². The molecule has 0 fully saturated rings. The van der Waals surface area contributed by atoms with Gasteiger partial charge >= 0.3 is 12.1 Å². The summed E-state index contributed by atoms with van der Waals surface area (Å²) in [6, 6.07) is 5.69. The highest BCUT2D eigenvalue weighted by Gasteiger charge is 2.21. The van der Waals surface area contributed by atoms with E-state index in [4.69, 9.17) is 4.74 Å². The Kier molecular flexibility index (Phi) is 7.35. The quantitative estimate of drug-likeness (QED) is 0.459. The zero-order chi connectivity index (χ0) is 19.0. The van der Waals surface area contributed by atoms with Crippen LogP contribution in [0.4, 0.5) is 10.5 Å². The first-order chi connectivity index (χ1) is 11.6. The molecule has 0 aliphatic carbocycles. The van der Waals surface area contributed by atoms with Crippen molar-refractivity contribution in [3.05, 3.63) is 39.9 Å². The lowest BCUT2D eigenvalue weighted by Gasteiger charge is -2.23. The molecule has 0 unspecified atom stereocenters. The van der Waals surface area contributed by atoms with E-state index in [1.807, 2.05) is 0 Å². The second-order valence-corrected chi connectivity index (χ2v) is 6.59. The Morgan fingerprint density at radius 2 is 1.84 bits per heavy atom. The maximum atomic E-state index is 12.0. The van der Waals surface area contributed by atoms with Crippen molar-refractivity contribution < 1.29 is 24.0 Å². The molecule has 0 heterocycles. The lowest BCUT2D eigenvalue weighted by atomic mass is 10.0. The van der Waals surface area contributed by atoms with Gasteiger partial charge in [-0.1, -0.05) is 12.1 Å². The lowest BCUT2D eigenvalue weighted by Crippen LogP contribution is -2.40. The fraction of sp³-hybridized carbons (Fsp3) is 0.529. The highest BCUT2D eigenvalue weighted by atomic mass is 16.6. The maximum absolute atomic E-state index is 12.0. The summed E-state index contributed by atoms with van der Waals surface area (Å²) in [5.41, 5.74) is 0.163. The van der Waals surface area contributed by atoms with E-state index in [9.17, 15) is 19.7 Å². The molecule has 8 nitrogen and oxygen atoms in total. The van der Waals surface area contributed by atoms with E-state index in [1.165, 1.54) is 19.2 Å². The fourth-order valence-corrected chi connectivity index (χ4v) is 2.13. The first-order valence-electron chi connectivity index (χ1n) is 7.90. The molecule has 8 heteroatoms. The van der Waals surface area contributed by atoms with E-state index in [0.29, 0.717) is 12.8 Å². The number of carbonyl (C=O) groups excluding carboxylic acids is 2. The molecule has 0 aromatic heterocycles. The van der Waals surface area contributed by atoms with Gasteiger partial charge < -0.3 is 14.8 Å². The molecule has 0 aliphatic heterocycles. The van der Waals surface area contributed by atoms with Crippen LogP contribution >= 0.6 is 0 Å². The average molecular weight is 352 g/mol. The molecule has 0 spiro atoms. The van der Waals surface area contributed by atoms with Crippen molar-refractivity contribution in [1.82, 2.24) is 5.32 Å². The average Bonchev–Trinajstić information content (AvgIpc) is 2.50. The number of non-ortho nitro benzene ring substituents is 1. The molecular formula is C17H24N2O6. The first-order valence-corrected chi connectivity index (χ1v) is 7.90. The Hall–Kier alpha value is -2.64. The molecule has 0 saturated carbocycles. The summed E-state index contributed by atoms with van der Waals surface area (Å²) in [7, 11) is 1.30. The van der Waals surface area contributed by atoms with Gasteiger partial charge in [-0.3, -0.25) is 14.9 Å². The Bertz CT molecular complexity index is 607. The number of carbonyl (C=O) groups is 2. The van der Waals surface area contributed by atoms with Crippen LogP contribution < -0.4 is 5.32 Å². The summed E-state index contributed by atoms with van der Waals surface area (Å²) < 4.78 is 9.85. The van der Waals surface area contributed by atoms with Crippen LogP contribution in [0.15, 0.2) is 24.3 Å². The summed E-state index contributed by atoms with van der Waals surface area (Å²) in [6.07, 6.45) is 0.338. The SMILES string of the molecule is COC(=O)CC[C@H](Cc1ccc([N+](=O)[O-])cc1)NC(=O)OC(C)(C)C. The number of nitro groups is 1. The smallest absolute Gasteiger partial charge is 0.407 e. The summed E-state index contributed by atoms with van der Waals surface area (Å²) in [5, 5.41) is 13.4. The van der Waals surface area contributed by atoms with Crippen molar-refractivity contribution in [2.24, 2.45) is 0 Å². The first kappa shape index (κ1) is 20.4. The third-order valence-corrected chi connectivity index (χ3v) is 3.27. The number of amides is 1. The molecule has 1 atom stereocenters. The minimum absolute atomic E-state index is 0.00466. The summed E-state index contributed by atoms with van der Waals surface area (Å²) >= 11 is 0. The number of rotatable bonds is 7. The number of ether oxygens (including phenoxy) is 2. The summed E-state index contributed by atoms with van der Waals surface area (Å²) in [6.45, 7) is 5.27. The van der Waals surface area contributed by atoms with Gasteiger partial charge in [0, 0.05) is 24.6 Å². The topological polar surface area (TPSA) is 108 Å². The van der Waals surface area contributed by atoms with Gasteiger partial charge in [-0.15, -0.1) is 0 Å². The van der Waals surface area contributed by atoms with Gasteiger partial charge in [-0.05, 0) is 39.2 Å². The third kappa shape index (κ3) is 8.14. The van der Waals surface area contributed by atoms with Gasteiger partial charge in [0.2, 0.25) is 0 Å². The number of methoxy groups -OCH3 is 1. The zero-order valence-electron chi connectivity index (χ0n) is 14.9. The van der Waals surface area contributed by atoms with Crippen molar-refractivity contribution in [2.45, 2.75) is 51.7 Å². The molecular weight excluding hydrogens is 328 g/mol. The van der Waals surface area contributed by atoms with Crippen LogP contribution in [-0.2, 0) is 20.7 Å². The number of nitrogens with zero attached hydrogens (tertiary/aromatic N) is 1. The molecule has 138 valence electrons. The van der Waals surface area contributed by atoms with E-state index in [-0.39, 0.29) is 24.1 Å². The molecule has 1 aromatic carbocycles. The number of esters is 1. The Labute approximate surface area is 146 Å². The van der Waals surface area contributed by atoms with Gasteiger partial charge in [0.25, 0.3) is 5.69 Å². The third-order valence-electron chi connectivity index (χ3n) is 3.27. The van der Waals surface area contributed by atoms with Gasteiger partial charge in [0.1, 0.15) is 5.60 Å². The number of hydrogen-bond donors (Lipinski definition) is 1.